The zero-order valence-electron chi connectivity index (χ0n) is 11.2. The molecule has 0 aliphatic rings. The van der Waals surface area contributed by atoms with Gasteiger partial charge in [-0.3, -0.25) is 4.79 Å². The van der Waals surface area contributed by atoms with E-state index in [4.69, 9.17) is 4.74 Å². The highest BCUT2D eigenvalue weighted by Crippen LogP contribution is 2.15. The van der Waals surface area contributed by atoms with Crippen LogP contribution in [0.5, 0.6) is 0 Å². The third kappa shape index (κ3) is 2.88. The van der Waals surface area contributed by atoms with E-state index in [9.17, 15) is 4.79 Å². The van der Waals surface area contributed by atoms with Crippen LogP contribution in [-0.2, 0) is 23.0 Å². The Labute approximate surface area is 107 Å². The van der Waals surface area contributed by atoms with E-state index in [-0.39, 0.29) is 12.4 Å². The summed E-state index contributed by atoms with van der Waals surface area (Å²) in [6.45, 7) is 5.59. The molecule has 18 heavy (non-hydrogen) atoms. The van der Waals surface area contributed by atoms with E-state index in [1.54, 1.807) is 6.20 Å². The molecule has 0 unspecified atom stereocenters. The van der Waals surface area contributed by atoms with E-state index in [2.05, 4.69) is 4.98 Å². The molecule has 2 aromatic heterocycles. The fourth-order valence-electron chi connectivity index (χ4n) is 1.84. The fraction of sp³-hybridized carbons (Fsp3) is 0.429. The number of hydrogen-bond donors (Lipinski definition) is 0. The molecule has 0 amide bonds. The Kier molecular flexibility index (Phi) is 3.11. The molecule has 0 fully saturated rings. The zero-order chi connectivity index (χ0) is 13.3. The third-order valence-corrected chi connectivity index (χ3v) is 2.53. The summed E-state index contributed by atoms with van der Waals surface area (Å²) >= 11 is 0. The van der Waals surface area contributed by atoms with Crippen molar-refractivity contribution >= 4 is 17.0 Å². The number of fused-ring (bicyclic) bond motifs is 1. The van der Waals surface area contributed by atoms with Crippen LogP contribution in [-0.4, -0.2) is 21.1 Å². The van der Waals surface area contributed by atoms with Crippen LogP contribution in [0.3, 0.4) is 0 Å². The van der Waals surface area contributed by atoms with E-state index in [0.29, 0.717) is 0 Å². The van der Waals surface area contributed by atoms with Crippen LogP contribution >= 0.6 is 0 Å². The van der Waals surface area contributed by atoms with Crippen LogP contribution in [0, 0.1) is 0 Å². The quantitative estimate of drug-likeness (QED) is 0.764. The number of ether oxygens (including phenoxy) is 1. The minimum Gasteiger partial charge on any atom is -0.460 e. The maximum atomic E-state index is 11.7. The van der Waals surface area contributed by atoms with Crippen molar-refractivity contribution in [1.82, 2.24) is 9.55 Å². The molecule has 0 aliphatic carbocycles. The van der Waals surface area contributed by atoms with Crippen LogP contribution < -0.4 is 0 Å². The summed E-state index contributed by atoms with van der Waals surface area (Å²) in [4.78, 5) is 16.1. The Morgan fingerprint density at radius 2 is 2.17 bits per heavy atom. The first-order chi connectivity index (χ1) is 8.35. The highest BCUT2D eigenvalue weighted by atomic mass is 16.6. The molecule has 0 atom stereocenters. The number of pyridine rings is 1. The number of esters is 1. The molecule has 4 nitrogen and oxygen atoms in total. The lowest BCUT2D eigenvalue weighted by Gasteiger charge is -2.19. The Balaban J connectivity index is 2.15. The Bertz CT molecular complexity index is 579. The fourth-order valence-corrected chi connectivity index (χ4v) is 1.84. The first-order valence-corrected chi connectivity index (χ1v) is 5.97. The van der Waals surface area contributed by atoms with Crippen molar-refractivity contribution < 1.29 is 9.53 Å². The topological polar surface area (TPSA) is 44.1 Å². The van der Waals surface area contributed by atoms with E-state index in [1.807, 2.05) is 50.7 Å². The summed E-state index contributed by atoms with van der Waals surface area (Å²) in [6, 6.07) is 3.97. The summed E-state index contributed by atoms with van der Waals surface area (Å²) < 4.78 is 7.24. The van der Waals surface area contributed by atoms with Crippen molar-refractivity contribution in [2.75, 3.05) is 0 Å². The Morgan fingerprint density at radius 3 is 2.83 bits per heavy atom. The zero-order valence-corrected chi connectivity index (χ0v) is 11.2. The molecule has 2 rings (SSSR count). The standard InChI is InChI=1S/C14H18N2O2/c1-14(2,3)18-12(17)8-10-7-11-5-6-16(4)13(11)15-9-10/h5-7,9H,8H2,1-4H3. The van der Waals surface area contributed by atoms with Crippen molar-refractivity contribution in [3.8, 4) is 0 Å². The number of nitrogens with zero attached hydrogens (tertiary/aromatic N) is 2. The molecule has 0 radical (unpaired) electrons. The molecule has 0 saturated heterocycles. The first-order valence-electron chi connectivity index (χ1n) is 5.97. The van der Waals surface area contributed by atoms with Gasteiger partial charge >= 0.3 is 5.97 Å². The normalized spacial score (nSPS) is 11.8. The molecule has 0 N–H and O–H groups in total. The predicted octanol–water partition coefficient (Wildman–Crippen LogP) is 2.46. The SMILES string of the molecule is Cn1ccc2cc(CC(=O)OC(C)(C)C)cnc21. The van der Waals surface area contributed by atoms with Crippen molar-refractivity contribution in [3.63, 3.8) is 0 Å². The third-order valence-electron chi connectivity index (χ3n) is 2.53. The van der Waals surface area contributed by atoms with Gasteiger partial charge in [0.1, 0.15) is 11.2 Å². The van der Waals surface area contributed by atoms with Gasteiger partial charge in [0.2, 0.25) is 0 Å². The number of hydrogen-bond acceptors (Lipinski definition) is 3. The first kappa shape index (κ1) is 12.6. The number of rotatable bonds is 2. The monoisotopic (exact) mass is 246 g/mol. The Morgan fingerprint density at radius 1 is 1.44 bits per heavy atom. The molecule has 2 aromatic rings. The summed E-state index contributed by atoms with van der Waals surface area (Å²) in [5, 5.41) is 1.04. The predicted molar refractivity (Wildman–Crippen MR) is 70.3 cm³/mol. The second kappa shape index (κ2) is 4.44. The minimum absolute atomic E-state index is 0.223. The molecule has 96 valence electrons. The maximum Gasteiger partial charge on any atom is 0.310 e. The summed E-state index contributed by atoms with van der Waals surface area (Å²) in [5.74, 6) is -0.223. The van der Waals surface area contributed by atoms with Crippen molar-refractivity contribution in [3.05, 3.63) is 30.1 Å². The largest absolute Gasteiger partial charge is 0.460 e. The minimum atomic E-state index is -0.443. The second-order valence-electron chi connectivity index (χ2n) is 5.45. The number of carbonyl (C=O) groups excluding carboxylic acids is 1. The van der Waals surface area contributed by atoms with Gasteiger partial charge in [-0.1, -0.05) is 0 Å². The smallest absolute Gasteiger partial charge is 0.310 e. The molecule has 0 spiro atoms. The van der Waals surface area contributed by atoms with Gasteiger partial charge in [-0.05, 0) is 38.5 Å². The van der Waals surface area contributed by atoms with Gasteiger partial charge in [0.05, 0.1) is 6.42 Å². The van der Waals surface area contributed by atoms with Gasteiger partial charge in [0.25, 0.3) is 0 Å². The average molecular weight is 246 g/mol. The van der Waals surface area contributed by atoms with Crippen LogP contribution in [0.1, 0.15) is 26.3 Å². The molecule has 4 heteroatoms. The van der Waals surface area contributed by atoms with Crippen LogP contribution in [0.4, 0.5) is 0 Å². The summed E-state index contributed by atoms with van der Waals surface area (Å²) in [7, 11) is 1.95. The highest BCUT2D eigenvalue weighted by Gasteiger charge is 2.16. The van der Waals surface area contributed by atoms with Gasteiger partial charge in [-0.25, -0.2) is 4.98 Å². The molecule has 0 bridgehead atoms. The maximum absolute atomic E-state index is 11.7. The van der Waals surface area contributed by atoms with E-state index < -0.39 is 5.60 Å². The van der Waals surface area contributed by atoms with Crippen molar-refractivity contribution in [2.24, 2.45) is 7.05 Å². The molecule has 0 aliphatic heterocycles. The van der Waals surface area contributed by atoms with Crippen LogP contribution in [0.15, 0.2) is 24.5 Å². The average Bonchev–Trinajstić information content (AvgIpc) is 2.57. The van der Waals surface area contributed by atoms with Crippen LogP contribution in [0.2, 0.25) is 0 Å². The molecule has 0 aromatic carbocycles. The van der Waals surface area contributed by atoms with E-state index >= 15 is 0 Å². The van der Waals surface area contributed by atoms with E-state index in [0.717, 1.165) is 16.6 Å². The van der Waals surface area contributed by atoms with E-state index in [1.165, 1.54) is 0 Å². The summed E-state index contributed by atoms with van der Waals surface area (Å²) in [5.41, 5.74) is 1.35. The summed E-state index contributed by atoms with van der Waals surface area (Å²) in [6.07, 6.45) is 3.94. The van der Waals surface area contributed by atoms with Crippen molar-refractivity contribution in [2.45, 2.75) is 32.8 Å². The lowest BCUT2D eigenvalue weighted by Crippen LogP contribution is -2.24. The number of carbonyl (C=O) groups is 1. The van der Waals surface area contributed by atoms with Crippen LogP contribution in [0.25, 0.3) is 11.0 Å². The van der Waals surface area contributed by atoms with Gasteiger partial charge in [-0.15, -0.1) is 0 Å². The molecule has 0 saturated carbocycles. The van der Waals surface area contributed by atoms with Gasteiger partial charge in [0, 0.05) is 24.8 Å². The highest BCUT2D eigenvalue weighted by molar-refractivity contribution is 5.79. The molecular formula is C14H18N2O2. The Hall–Kier alpha value is -1.84. The van der Waals surface area contributed by atoms with Gasteiger partial charge < -0.3 is 9.30 Å². The van der Waals surface area contributed by atoms with Gasteiger partial charge in [0.15, 0.2) is 0 Å². The van der Waals surface area contributed by atoms with Crippen molar-refractivity contribution in [1.29, 1.82) is 0 Å². The number of aryl methyl sites for hydroxylation is 1. The lowest BCUT2D eigenvalue weighted by molar-refractivity contribution is -0.153. The number of aromatic nitrogens is 2. The molecular weight excluding hydrogens is 228 g/mol. The van der Waals surface area contributed by atoms with Gasteiger partial charge in [-0.2, -0.15) is 0 Å². The second-order valence-corrected chi connectivity index (χ2v) is 5.45. The lowest BCUT2D eigenvalue weighted by atomic mass is 10.1. The molecule has 2 heterocycles.